The highest BCUT2D eigenvalue weighted by molar-refractivity contribution is 6.30. The number of amides is 1. The molecule has 8 heteroatoms. The second-order valence-corrected chi connectivity index (χ2v) is 4.86. The first-order valence-electron chi connectivity index (χ1n) is 6.24. The van der Waals surface area contributed by atoms with Crippen molar-refractivity contribution in [3.8, 4) is 0 Å². The molecule has 1 atom stereocenters. The van der Waals surface area contributed by atoms with E-state index in [1.54, 1.807) is 19.1 Å². The molecule has 0 aliphatic rings. The molecule has 3 aromatic rings. The molecule has 3 rings (SSSR count). The number of benzene rings is 1. The van der Waals surface area contributed by atoms with Crippen LogP contribution in [-0.2, 0) is 0 Å². The number of halogens is 1. The van der Waals surface area contributed by atoms with Crippen LogP contribution in [-0.4, -0.2) is 31.5 Å². The molecule has 1 unspecified atom stereocenters. The zero-order valence-electron chi connectivity index (χ0n) is 11.0. The fourth-order valence-electron chi connectivity index (χ4n) is 2.02. The predicted octanol–water partition coefficient (Wildman–Crippen LogP) is 1.89. The number of fused-ring (bicyclic) bond motifs is 1. The van der Waals surface area contributed by atoms with Crippen LogP contribution in [0.1, 0.15) is 29.1 Å². The van der Waals surface area contributed by atoms with Crippen LogP contribution in [0.3, 0.4) is 0 Å². The Bertz CT molecular complexity index is 788. The number of aromatic amines is 1. The summed E-state index contributed by atoms with van der Waals surface area (Å²) in [7, 11) is 0. The van der Waals surface area contributed by atoms with Gasteiger partial charge < -0.3 is 5.32 Å². The van der Waals surface area contributed by atoms with E-state index in [9.17, 15) is 4.79 Å². The first-order chi connectivity index (χ1) is 10.1. The van der Waals surface area contributed by atoms with Crippen LogP contribution in [0, 0.1) is 0 Å². The minimum absolute atomic E-state index is 0.270. The molecule has 0 bridgehead atoms. The molecule has 0 spiro atoms. The highest BCUT2D eigenvalue weighted by atomic mass is 35.5. The summed E-state index contributed by atoms with van der Waals surface area (Å²) in [6, 6.07) is 8.49. The van der Waals surface area contributed by atoms with Crippen LogP contribution < -0.4 is 5.32 Å². The summed E-state index contributed by atoms with van der Waals surface area (Å²) in [5.74, 6) is 0.139. The van der Waals surface area contributed by atoms with Gasteiger partial charge in [-0.1, -0.05) is 35.0 Å². The number of carbonyl (C=O) groups is 1. The zero-order valence-corrected chi connectivity index (χ0v) is 11.8. The lowest BCUT2D eigenvalue weighted by molar-refractivity contribution is 0.0940. The van der Waals surface area contributed by atoms with Crippen molar-refractivity contribution in [3.63, 3.8) is 0 Å². The second kappa shape index (κ2) is 5.45. The topological polar surface area (TPSA) is 96.5 Å². The molecule has 7 nitrogen and oxygen atoms in total. The molecule has 1 amide bonds. The average Bonchev–Trinajstić information content (AvgIpc) is 3.00. The van der Waals surface area contributed by atoms with Gasteiger partial charge in [0, 0.05) is 5.39 Å². The summed E-state index contributed by atoms with van der Waals surface area (Å²) in [5.41, 5.74) is 1.13. The van der Waals surface area contributed by atoms with E-state index in [1.807, 2.05) is 18.2 Å². The van der Waals surface area contributed by atoms with Crippen molar-refractivity contribution in [1.29, 1.82) is 0 Å². The molecule has 0 saturated heterocycles. The van der Waals surface area contributed by atoms with E-state index in [1.165, 1.54) is 0 Å². The first kappa shape index (κ1) is 13.4. The molecular weight excluding hydrogens is 292 g/mol. The van der Waals surface area contributed by atoms with Gasteiger partial charge in [0.2, 0.25) is 0 Å². The van der Waals surface area contributed by atoms with Gasteiger partial charge >= 0.3 is 0 Å². The van der Waals surface area contributed by atoms with Crippen LogP contribution >= 0.6 is 11.6 Å². The number of tetrazole rings is 1. The molecule has 0 radical (unpaired) electrons. The Morgan fingerprint density at radius 1 is 1.38 bits per heavy atom. The molecule has 1 aromatic carbocycles. The fourth-order valence-corrected chi connectivity index (χ4v) is 2.22. The Morgan fingerprint density at radius 3 is 2.95 bits per heavy atom. The number of rotatable bonds is 3. The Balaban J connectivity index is 1.94. The molecule has 2 aromatic heterocycles. The number of aromatic nitrogens is 5. The monoisotopic (exact) mass is 302 g/mol. The summed E-state index contributed by atoms with van der Waals surface area (Å²) >= 11 is 5.97. The number of H-pyrrole nitrogens is 1. The van der Waals surface area contributed by atoms with E-state index in [4.69, 9.17) is 11.6 Å². The van der Waals surface area contributed by atoms with Crippen LogP contribution in [0.2, 0.25) is 5.15 Å². The maximum Gasteiger partial charge on any atom is 0.252 e. The van der Waals surface area contributed by atoms with E-state index >= 15 is 0 Å². The standard InChI is InChI=1S/C13H11ClN6O/c1-7(12-17-19-20-18-12)15-13(21)9-6-11(14)16-10-5-3-2-4-8(9)10/h2-7H,1H3,(H,15,21)(H,17,18,19,20). The van der Waals surface area contributed by atoms with Gasteiger partial charge in [0.25, 0.3) is 5.91 Å². The number of pyridine rings is 1. The van der Waals surface area contributed by atoms with E-state index in [0.717, 1.165) is 5.39 Å². The molecule has 0 aliphatic carbocycles. The number of hydrogen-bond donors (Lipinski definition) is 2. The Hall–Kier alpha value is -2.54. The summed E-state index contributed by atoms with van der Waals surface area (Å²) in [5, 5.41) is 17.3. The maximum absolute atomic E-state index is 12.4. The predicted molar refractivity (Wildman–Crippen MR) is 76.8 cm³/mol. The molecule has 21 heavy (non-hydrogen) atoms. The van der Waals surface area contributed by atoms with Crippen molar-refractivity contribution >= 4 is 28.4 Å². The average molecular weight is 303 g/mol. The second-order valence-electron chi connectivity index (χ2n) is 4.47. The summed E-state index contributed by atoms with van der Waals surface area (Å²) < 4.78 is 0. The molecule has 0 aliphatic heterocycles. The third-order valence-corrected chi connectivity index (χ3v) is 3.22. The lowest BCUT2D eigenvalue weighted by Crippen LogP contribution is -2.27. The van der Waals surface area contributed by atoms with Gasteiger partial charge in [0.05, 0.1) is 17.1 Å². The van der Waals surface area contributed by atoms with Crippen molar-refractivity contribution in [2.75, 3.05) is 0 Å². The SMILES string of the molecule is CC(NC(=O)c1cc(Cl)nc2ccccc12)c1nn[nH]n1. The Labute approximate surface area is 124 Å². The molecule has 0 saturated carbocycles. The summed E-state index contributed by atoms with van der Waals surface area (Å²) in [6.07, 6.45) is 0. The number of nitrogens with zero attached hydrogens (tertiary/aromatic N) is 4. The van der Waals surface area contributed by atoms with Gasteiger partial charge in [0.15, 0.2) is 5.82 Å². The maximum atomic E-state index is 12.4. The molecule has 0 fully saturated rings. The number of carbonyl (C=O) groups excluding carboxylic acids is 1. The van der Waals surface area contributed by atoms with Crippen molar-refractivity contribution in [1.82, 2.24) is 30.9 Å². The van der Waals surface area contributed by atoms with E-state index in [0.29, 0.717) is 16.9 Å². The first-order valence-corrected chi connectivity index (χ1v) is 6.62. The zero-order chi connectivity index (χ0) is 14.8. The third-order valence-electron chi connectivity index (χ3n) is 3.03. The van der Waals surface area contributed by atoms with Gasteiger partial charge in [-0.15, -0.1) is 10.2 Å². The fraction of sp³-hybridized carbons (Fsp3) is 0.154. The molecule has 106 valence electrons. The van der Waals surface area contributed by atoms with Crippen LogP contribution in [0.15, 0.2) is 30.3 Å². The van der Waals surface area contributed by atoms with Crippen molar-refractivity contribution in [2.24, 2.45) is 0 Å². The van der Waals surface area contributed by atoms with Gasteiger partial charge in [-0.25, -0.2) is 4.98 Å². The Kier molecular flexibility index (Phi) is 3.49. The highest BCUT2D eigenvalue weighted by Crippen LogP contribution is 2.21. The van der Waals surface area contributed by atoms with Gasteiger partial charge in [-0.3, -0.25) is 4.79 Å². The van der Waals surface area contributed by atoms with Gasteiger partial charge in [-0.05, 0) is 19.1 Å². The third kappa shape index (κ3) is 2.68. The number of para-hydroxylation sites is 1. The van der Waals surface area contributed by atoms with E-state index in [-0.39, 0.29) is 17.1 Å². The largest absolute Gasteiger partial charge is 0.342 e. The van der Waals surface area contributed by atoms with E-state index < -0.39 is 0 Å². The lowest BCUT2D eigenvalue weighted by atomic mass is 10.1. The van der Waals surface area contributed by atoms with Crippen molar-refractivity contribution < 1.29 is 4.79 Å². The summed E-state index contributed by atoms with van der Waals surface area (Å²) in [4.78, 5) is 16.6. The molecule has 2 N–H and O–H groups in total. The number of nitrogens with one attached hydrogen (secondary N) is 2. The van der Waals surface area contributed by atoms with Gasteiger partial charge in [0.1, 0.15) is 5.15 Å². The molecule has 2 heterocycles. The smallest absolute Gasteiger partial charge is 0.252 e. The van der Waals surface area contributed by atoms with Gasteiger partial charge in [-0.2, -0.15) is 5.21 Å². The van der Waals surface area contributed by atoms with E-state index in [2.05, 4.69) is 30.9 Å². The molecular formula is C13H11ClN6O. The highest BCUT2D eigenvalue weighted by Gasteiger charge is 2.17. The van der Waals surface area contributed by atoms with Crippen molar-refractivity contribution in [2.45, 2.75) is 13.0 Å². The number of hydrogen-bond acceptors (Lipinski definition) is 5. The van der Waals surface area contributed by atoms with Crippen LogP contribution in [0.25, 0.3) is 10.9 Å². The minimum atomic E-state index is -0.373. The minimum Gasteiger partial charge on any atom is -0.342 e. The van der Waals surface area contributed by atoms with Crippen LogP contribution in [0.4, 0.5) is 0 Å². The van der Waals surface area contributed by atoms with Crippen molar-refractivity contribution in [3.05, 3.63) is 46.9 Å². The Morgan fingerprint density at radius 2 is 2.19 bits per heavy atom. The summed E-state index contributed by atoms with van der Waals surface area (Å²) in [6.45, 7) is 1.77. The quantitative estimate of drug-likeness (QED) is 0.720. The van der Waals surface area contributed by atoms with Crippen LogP contribution in [0.5, 0.6) is 0 Å². The lowest BCUT2D eigenvalue weighted by Gasteiger charge is -2.11. The normalized spacial score (nSPS) is 12.3.